The molecule has 0 saturated heterocycles. The van der Waals surface area contributed by atoms with E-state index in [2.05, 4.69) is 45.1 Å². The fraction of sp³-hybridized carbons (Fsp3) is 0.765. The minimum absolute atomic E-state index is 0.159. The molecule has 0 saturated carbocycles. The number of ether oxygens (including phenoxy) is 2. The van der Waals surface area contributed by atoms with Crippen LogP contribution in [0.1, 0.15) is 65.7 Å². The Morgan fingerprint density at radius 2 is 1.37 bits per heavy atom. The van der Waals surface area contributed by atoms with E-state index in [1.54, 1.807) is 0 Å². The van der Waals surface area contributed by atoms with Gasteiger partial charge in [-0.2, -0.15) is 0 Å². The normalized spacial score (nSPS) is 12.2. The molecule has 0 heterocycles. The molecule has 0 rings (SSSR count). The van der Waals surface area contributed by atoms with Gasteiger partial charge in [0.1, 0.15) is 0 Å². The van der Waals surface area contributed by atoms with Gasteiger partial charge in [-0.3, -0.25) is 0 Å². The van der Waals surface area contributed by atoms with Crippen LogP contribution in [-0.4, -0.2) is 19.5 Å². The van der Waals surface area contributed by atoms with Crippen molar-refractivity contribution in [3.8, 4) is 0 Å². The molecule has 0 amide bonds. The molecule has 0 aromatic heterocycles. The van der Waals surface area contributed by atoms with Gasteiger partial charge in [0.05, 0.1) is 13.2 Å². The van der Waals surface area contributed by atoms with E-state index in [9.17, 15) is 0 Å². The Balaban J connectivity index is 3.86. The van der Waals surface area contributed by atoms with E-state index in [4.69, 9.17) is 9.47 Å². The predicted molar refractivity (Wildman–Crippen MR) is 83.3 cm³/mol. The minimum atomic E-state index is -0.159. The van der Waals surface area contributed by atoms with E-state index in [1.165, 1.54) is 0 Å². The van der Waals surface area contributed by atoms with Gasteiger partial charge in [0.15, 0.2) is 6.29 Å². The summed E-state index contributed by atoms with van der Waals surface area (Å²) >= 11 is 0. The quantitative estimate of drug-likeness (QED) is 0.258. The molecule has 2 heteroatoms. The van der Waals surface area contributed by atoms with Gasteiger partial charge in [-0.1, -0.05) is 51.8 Å². The van der Waals surface area contributed by atoms with Gasteiger partial charge in [-0.05, 0) is 38.2 Å². The lowest BCUT2D eigenvalue weighted by Crippen LogP contribution is -2.16. The second kappa shape index (κ2) is 15.5. The molecule has 0 unspecified atom stereocenters. The first-order valence-corrected chi connectivity index (χ1v) is 7.89. The lowest BCUT2D eigenvalue weighted by atomic mass is 10.2. The lowest BCUT2D eigenvalue weighted by Gasteiger charge is -2.14. The van der Waals surface area contributed by atoms with Crippen LogP contribution in [0.4, 0.5) is 0 Å². The molecule has 0 aromatic carbocycles. The maximum absolute atomic E-state index is 5.73. The van der Waals surface area contributed by atoms with Crippen LogP contribution in [0.2, 0.25) is 0 Å². The number of rotatable bonds is 13. The summed E-state index contributed by atoms with van der Waals surface area (Å²) in [7, 11) is 0. The summed E-state index contributed by atoms with van der Waals surface area (Å²) in [5.74, 6) is 0. The first-order chi connectivity index (χ1) is 9.35. The van der Waals surface area contributed by atoms with Gasteiger partial charge >= 0.3 is 0 Å². The summed E-state index contributed by atoms with van der Waals surface area (Å²) in [6, 6.07) is 0. The molecule has 2 nitrogen and oxygen atoms in total. The molecule has 0 fully saturated rings. The fourth-order valence-corrected chi connectivity index (χ4v) is 1.53. The zero-order chi connectivity index (χ0) is 14.2. The van der Waals surface area contributed by atoms with Gasteiger partial charge in [0.2, 0.25) is 0 Å². The SMILES string of the molecule is CC/C=C\CC/C=C/C(OCCCC)OCCCC. The highest BCUT2D eigenvalue weighted by Crippen LogP contribution is 2.04. The van der Waals surface area contributed by atoms with Gasteiger partial charge in [-0.15, -0.1) is 0 Å². The van der Waals surface area contributed by atoms with E-state index < -0.39 is 0 Å². The zero-order valence-corrected chi connectivity index (χ0v) is 13.1. The summed E-state index contributed by atoms with van der Waals surface area (Å²) in [5, 5.41) is 0. The Hall–Kier alpha value is -0.600. The number of hydrogen-bond acceptors (Lipinski definition) is 2. The molecule has 0 N–H and O–H groups in total. The highest BCUT2D eigenvalue weighted by Gasteiger charge is 2.03. The molecule has 19 heavy (non-hydrogen) atoms. The van der Waals surface area contributed by atoms with Crippen molar-refractivity contribution in [2.45, 2.75) is 72.0 Å². The molecule has 0 atom stereocenters. The van der Waals surface area contributed by atoms with E-state index in [0.29, 0.717) is 0 Å². The van der Waals surface area contributed by atoms with Crippen LogP contribution in [0.3, 0.4) is 0 Å². The van der Waals surface area contributed by atoms with Crippen LogP contribution in [0.5, 0.6) is 0 Å². The molecule has 0 aliphatic heterocycles. The predicted octanol–water partition coefficient (Wildman–Crippen LogP) is 5.25. The van der Waals surface area contributed by atoms with Crippen molar-refractivity contribution in [1.29, 1.82) is 0 Å². The maximum Gasteiger partial charge on any atom is 0.176 e. The van der Waals surface area contributed by atoms with Crippen molar-refractivity contribution in [3.63, 3.8) is 0 Å². The smallest absolute Gasteiger partial charge is 0.176 e. The topological polar surface area (TPSA) is 18.5 Å². The minimum Gasteiger partial charge on any atom is -0.349 e. The number of allylic oxidation sites excluding steroid dienone is 3. The second-order valence-corrected chi connectivity index (χ2v) is 4.70. The molecule has 0 aliphatic rings. The van der Waals surface area contributed by atoms with Crippen LogP contribution in [0.15, 0.2) is 24.3 Å². The summed E-state index contributed by atoms with van der Waals surface area (Å²) in [6.45, 7) is 8.07. The molecule has 112 valence electrons. The molecule has 0 radical (unpaired) electrons. The molecule has 0 aliphatic carbocycles. The highest BCUT2D eigenvalue weighted by atomic mass is 16.7. The van der Waals surface area contributed by atoms with Crippen LogP contribution in [-0.2, 0) is 9.47 Å². The van der Waals surface area contributed by atoms with Crippen molar-refractivity contribution in [2.24, 2.45) is 0 Å². The Kier molecular flexibility index (Phi) is 15.0. The lowest BCUT2D eigenvalue weighted by molar-refractivity contribution is -0.112. The summed E-state index contributed by atoms with van der Waals surface area (Å²) < 4.78 is 11.5. The first kappa shape index (κ1) is 18.4. The standard InChI is InChI=1S/C17H32O2/c1-4-7-10-11-12-13-14-17(18-15-8-5-2)19-16-9-6-3/h7,10,13-14,17H,4-6,8-9,11-12,15-16H2,1-3H3/b10-7-,14-13+. The Labute approximate surface area is 119 Å². The monoisotopic (exact) mass is 268 g/mol. The van der Waals surface area contributed by atoms with E-state index in [0.717, 1.165) is 58.2 Å². The Morgan fingerprint density at radius 3 is 1.89 bits per heavy atom. The fourth-order valence-electron chi connectivity index (χ4n) is 1.53. The maximum atomic E-state index is 5.73. The summed E-state index contributed by atoms with van der Waals surface area (Å²) in [6.07, 6.45) is 16.3. The molecule has 0 aromatic rings. The third kappa shape index (κ3) is 13.6. The molecule has 0 spiro atoms. The molecular formula is C17H32O2. The third-order valence-corrected chi connectivity index (χ3v) is 2.76. The van der Waals surface area contributed by atoms with Crippen molar-refractivity contribution in [2.75, 3.05) is 13.2 Å². The number of hydrogen-bond donors (Lipinski definition) is 0. The van der Waals surface area contributed by atoms with E-state index in [1.807, 2.05) is 0 Å². The highest BCUT2D eigenvalue weighted by molar-refractivity contribution is 4.89. The van der Waals surface area contributed by atoms with Crippen LogP contribution < -0.4 is 0 Å². The van der Waals surface area contributed by atoms with Gasteiger partial charge in [0.25, 0.3) is 0 Å². The summed E-state index contributed by atoms with van der Waals surface area (Å²) in [4.78, 5) is 0. The van der Waals surface area contributed by atoms with Crippen molar-refractivity contribution < 1.29 is 9.47 Å². The largest absolute Gasteiger partial charge is 0.349 e. The third-order valence-electron chi connectivity index (χ3n) is 2.76. The van der Waals surface area contributed by atoms with Crippen molar-refractivity contribution in [3.05, 3.63) is 24.3 Å². The second-order valence-electron chi connectivity index (χ2n) is 4.70. The van der Waals surface area contributed by atoms with Gasteiger partial charge in [-0.25, -0.2) is 0 Å². The van der Waals surface area contributed by atoms with Crippen molar-refractivity contribution >= 4 is 0 Å². The van der Waals surface area contributed by atoms with Gasteiger partial charge in [0, 0.05) is 0 Å². The van der Waals surface area contributed by atoms with E-state index in [-0.39, 0.29) is 6.29 Å². The van der Waals surface area contributed by atoms with E-state index >= 15 is 0 Å². The molecule has 0 bridgehead atoms. The average molecular weight is 268 g/mol. The summed E-state index contributed by atoms with van der Waals surface area (Å²) in [5.41, 5.74) is 0. The number of unbranched alkanes of at least 4 members (excludes halogenated alkanes) is 3. The Morgan fingerprint density at radius 1 is 0.789 bits per heavy atom. The van der Waals surface area contributed by atoms with Crippen LogP contribution >= 0.6 is 0 Å². The van der Waals surface area contributed by atoms with Gasteiger partial charge < -0.3 is 9.47 Å². The Bertz CT molecular complexity index is 211. The van der Waals surface area contributed by atoms with Crippen LogP contribution in [0, 0.1) is 0 Å². The average Bonchev–Trinajstić information content (AvgIpc) is 2.42. The van der Waals surface area contributed by atoms with Crippen molar-refractivity contribution in [1.82, 2.24) is 0 Å². The zero-order valence-electron chi connectivity index (χ0n) is 13.1. The molecular weight excluding hydrogens is 236 g/mol. The first-order valence-electron chi connectivity index (χ1n) is 7.89. The van der Waals surface area contributed by atoms with Crippen LogP contribution in [0.25, 0.3) is 0 Å².